The second-order valence-corrected chi connectivity index (χ2v) is 3.80. The molecule has 0 saturated carbocycles. The molecule has 0 spiro atoms. The average Bonchev–Trinajstić information content (AvgIpc) is 2.35. The second kappa shape index (κ2) is 6.00. The summed E-state index contributed by atoms with van der Waals surface area (Å²) in [5.41, 5.74) is 12.0. The summed E-state index contributed by atoms with van der Waals surface area (Å²) >= 11 is 0. The largest absolute Gasteiger partial charge is 0.366 e. The number of primary amides is 1. The molecule has 1 atom stereocenters. The lowest BCUT2D eigenvalue weighted by Crippen LogP contribution is -2.39. The van der Waals surface area contributed by atoms with Crippen LogP contribution in [0.15, 0.2) is 24.3 Å². The van der Waals surface area contributed by atoms with Gasteiger partial charge in [-0.3, -0.25) is 9.59 Å². The number of rotatable bonds is 5. The van der Waals surface area contributed by atoms with Crippen LogP contribution in [0.4, 0.5) is 0 Å². The van der Waals surface area contributed by atoms with E-state index in [0.717, 1.165) is 5.56 Å². The van der Waals surface area contributed by atoms with Crippen LogP contribution in [-0.2, 0) is 11.3 Å². The van der Waals surface area contributed by atoms with Gasteiger partial charge in [0.15, 0.2) is 0 Å². The van der Waals surface area contributed by atoms with Gasteiger partial charge in [-0.2, -0.15) is 0 Å². The number of hydrogen-bond acceptors (Lipinski definition) is 3. The Kier molecular flexibility index (Phi) is 4.66. The van der Waals surface area contributed by atoms with Crippen molar-refractivity contribution in [3.05, 3.63) is 35.4 Å². The van der Waals surface area contributed by atoms with Crippen LogP contribution in [0.1, 0.15) is 29.3 Å². The summed E-state index contributed by atoms with van der Waals surface area (Å²) < 4.78 is 0. The first-order valence-corrected chi connectivity index (χ1v) is 5.46. The average molecular weight is 235 g/mol. The molecule has 0 saturated heterocycles. The topological polar surface area (TPSA) is 98.2 Å². The predicted octanol–water partition coefficient (Wildman–Crippen LogP) is 0.139. The van der Waals surface area contributed by atoms with E-state index in [0.29, 0.717) is 18.5 Å². The van der Waals surface area contributed by atoms with E-state index < -0.39 is 11.9 Å². The van der Waals surface area contributed by atoms with Crippen LogP contribution < -0.4 is 16.8 Å². The third-order valence-corrected chi connectivity index (χ3v) is 2.45. The third-order valence-electron chi connectivity index (χ3n) is 2.45. The number of nitrogens with two attached hydrogens (primary N) is 2. The molecule has 1 rings (SSSR count). The zero-order valence-corrected chi connectivity index (χ0v) is 9.77. The van der Waals surface area contributed by atoms with Crippen molar-refractivity contribution in [3.8, 4) is 0 Å². The zero-order chi connectivity index (χ0) is 12.8. The van der Waals surface area contributed by atoms with Crippen LogP contribution in [-0.4, -0.2) is 17.9 Å². The molecule has 0 unspecified atom stereocenters. The van der Waals surface area contributed by atoms with Gasteiger partial charge in [0.25, 0.3) is 0 Å². The van der Waals surface area contributed by atoms with E-state index in [-0.39, 0.29) is 5.91 Å². The molecule has 0 radical (unpaired) electrons. The summed E-state index contributed by atoms with van der Waals surface area (Å²) in [6, 6.07) is 6.33. The van der Waals surface area contributed by atoms with Crippen LogP contribution in [0.5, 0.6) is 0 Å². The molecule has 1 aromatic rings. The smallest absolute Gasteiger partial charge is 0.248 e. The first-order valence-electron chi connectivity index (χ1n) is 5.46. The summed E-state index contributed by atoms with van der Waals surface area (Å²) in [5.74, 6) is -0.680. The molecule has 2 amide bonds. The third kappa shape index (κ3) is 3.88. The van der Waals surface area contributed by atoms with E-state index in [2.05, 4.69) is 5.32 Å². The Morgan fingerprint density at radius 3 is 2.71 bits per heavy atom. The molecule has 0 heterocycles. The van der Waals surface area contributed by atoms with Crippen molar-refractivity contribution < 1.29 is 9.59 Å². The highest BCUT2D eigenvalue weighted by atomic mass is 16.2. The predicted molar refractivity (Wildman–Crippen MR) is 65.1 cm³/mol. The number of nitrogens with one attached hydrogen (secondary N) is 1. The van der Waals surface area contributed by atoms with E-state index >= 15 is 0 Å². The molecule has 0 aliphatic heterocycles. The molecule has 0 bridgehead atoms. The number of amides is 2. The lowest BCUT2D eigenvalue weighted by Gasteiger charge is -2.10. The Hall–Kier alpha value is -1.88. The maximum Gasteiger partial charge on any atom is 0.248 e. The summed E-state index contributed by atoms with van der Waals surface area (Å²) in [5, 5.41) is 2.70. The van der Waals surface area contributed by atoms with Crippen molar-refractivity contribution in [2.75, 3.05) is 0 Å². The van der Waals surface area contributed by atoms with Crippen molar-refractivity contribution in [2.24, 2.45) is 11.5 Å². The number of hydrogen-bond donors (Lipinski definition) is 3. The minimum absolute atomic E-state index is 0.197. The molecule has 5 nitrogen and oxygen atoms in total. The van der Waals surface area contributed by atoms with Gasteiger partial charge in [0.05, 0.1) is 6.04 Å². The summed E-state index contributed by atoms with van der Waals surface area (Å²) in [6.45, 7) is 2.19. The van der Waals surface area contributed by atoms with Crippen LogP contribution in [0.25, 0.3) is 0 Å². The fraction of sp³-hybridized carbons (Fsp3) is 0.333. The van der Waals surface area contributed by atoms with E-state index in [1.807, 2.05) is 13.0 Å². The van der Waals surface area contributed by atoms with Crippen LogP contribution in [0, 0.1) is 0 Å². The molecule has 5 N–H and O–H groups in total. The fourth-order valence-corrected chi connectivity index (χ4v) is 1.34. The quantitative estimate of drug-likeness (QED) is 0.677. The molecule has 0 aliphatic rings. The van der Waals surface area contributed by atoms with Gasteiger partial charge < -0.3 is 16.8 Å². The molecule has 5 heteroatoms. The fourth-order valence-electron chi connectivity index (χ4n) is 1.34. The van der Waals surface area contributed by atoms with Gasteiger partial charge in [-0.25, -0.2) is 0 Å². The SMILES string of the molecule is CC[C@@H](N)C(=O)NCc1cccc(C(N)=O)c1. The highest BCUT2D eigenvalue weighted by molar-refractivity contribution is 5.92. The van der Waals surface area contributed by atoms with Crippen molar-refractivity contribution in [1.82, 2.24) is 5.32 Å². The van der Waals surface area contributed by atoms with E-state index in [9.17, 15) is 9.59 Å². The van der Waals surface area contributed by atoms with Gasteiger partial charge in [-0.1, -0.05) is 19.1 Å². The Balaban J connectivity index is 2.60. The monoisotopic (exact) mass is 235 g/mol. The maximum absolute atomic E-state index is 11.4. The standard InChI is InChI=1S/C12H17N3O2/c1-2-10(13)12(17)15-7-8-4-3-5-9(6-8)11(14)16/h3-6,10H,2,7,13H2,1H3,(H2,14,16)(H,15,17)/t10-/m1/s1. The molecule has 17 heavy (non-hydrogen) atoms. The molecular weight excluding hydrogens is 218 g/mol. The molecule has 0 aliphatic carbocycles. The summed E-state index contributed by atoms with van der Waals surface area (Å²) in [6.07, 6.45) is 0.590. The van der Waals surface area contributed by atoms with Crippen molar-refractivity contribution in [1.29, 1.82) is 0 Å². The highest BCUT2D eigenvalue weighted by Gasteiger charge is 2.10. The molecule has 1 aromatic carbocycles. The zero-order valence-electron chi connectivity index (χ0n) is 9.77. The van der Waals surface area contributed by atoms with Crippen LogP contribution in [0.3, 0.4) is 0 Å². The Bertz CT molecular complexity index is 418. The van der Waals surface area contributed by atoms with Crippen molar-refractivity contribution >= 4 is 11.8 Å². The highest BCUT2D eigenvalue weighted by Crippen LogP contribution is 2.04. The normalized spacial score (nSPS) is 11.9. The number of carbonyl (C=O) groups excluding carboxylic acids is 2. The van der Waals surface area contributed by atoms with Crippen molar-refractivity contribution in [2.45, 2.75) is 25.9 Å². The van der Waals surface area contributed by atoms with Crippen LogP contribution in [0.2, 0.25) is 0 Å². The van der Waals surface area contributed by atoms with E-state index in [1.54, 1.807) is 18.2 Å². The molecule has 0 fully saturated rings. The second-order valence-electron chi connectivity index (χ2n) is 3.80. The first kappa shape index (κ1) is 13.2. The Morgan fingerprint density at radius 2 is 2.12 bits per heavy atom. The van der Waals surface area contributed by atoms with E-state index in [1.165, 1.54) is 0 Å². The molecular formula is C12H17N3O2. The lowest BCUT2D eigenvalue weighted by atomic mass is 10.1. The number of benzene rings is 1. The Morgan fingerprint density at radius 1 is 1.41 bits per heavy atom. The summed E-state index contributed by atoms with van der Waals surface area (Å²) in [7, 11) is 0. The maximum atomic E-state index is 11.4. The van der Waals surface area contributed by atoms with Gasteiger partial charge in [-0.15, -0.1) is 0 Å². The minimum atomic E-state index is -0.491. The van der Waals surface area contributed by atoms with Crippen LogP contribution >= 0.6 is 0 Å². The van der Waals surface area contributed by atoms with Crippen molar-refractivity contribution in [3.63, 3.8) is 0 Å². The van der Waals surface area contributed by atoms with E-state index in [4.69, 9.17) is 11.5 Å². The molecule has 92 valence electrons. The Labute approximate surface area is 100 Å². The molecule has 0 aromatic heterocycles. The van der Waals surface area contributed by atoms with Gasteiger partial charge in [0.1, 0.15) is 0 Å². The van der Waals surface area contributed by atoms with Gasteiger partial charge in [-0.05, 0) is 24.1 Å². The number of carbonyl (C=O) groups is 2. The summed E-state index contributed by atoms with van der Waals surface area (Å²) in [4.78, 5) is 22.4. The lowest BCUT2D eigenvalue weighted by molar-refractivity contribution is -0.122. The minimum Gasteiger partial charge on any atom is -0.366 e. The van der Waals surface area contributed by atoms with Gasteiger partial charge >= 0.3 is 0 Å². The van der Waals surface area contributed by atoms with Gasteiger partial charge in [0, 0.05) is 12.1 Å². The van der Waals surface area contributed by atoms with Gasteiger partial charge in [0.2, 0.25) is 11.8 Å². The first-order chi connectivity index (χ1) is 8.04.